The van der Waals surface area contributed by atoms with Gasteiger partial charge in [0.15, 0.2) is 0 Å². The van der Waals surface area contributed by atoms with Crippen molar-refractivity contribution in [3.63, 3.8) is 0 Å². The highest BCUT2D eigenvalue weighted by atomic mass is 19.4. The Labute approximate surface area is 225 Å². The molecule has 1 heterocycles. The predicted octanol–water partition coefficient (Wildman–Crippen LogP) is 6.33. The fraction of sp³-hybridized carbons (Fsp3) is 0.367. The number of carbonyl (C=O) groups excluding carboxylic acids is 1. The van der Waals surface area contributed by atoms with Gasteiger partial charge in [0.05, 0.1) is 19.6 Å². The molecule has 0 radical (unpaired) electrons. The van der Waals surface area contributed by atoms with E-state index >= 15 is 0 Å². The lowest BCUT2D eigenvalue weighted by molar-refractivity contribution is -0.285. The molecule has 1 unspecified atom stereocenters. The number of ether oxygens (including phenoxy) is 2. The Kier molecular flexibility index (Phi) is 8.20. The molecular weight excluding hydrogens is 514 g/mol. The van der Waals surface area contributed by atoms with Gasteiger partial charge in [-0.15, -0.1) is 0 Å². The van der Waals surface area contributed by atoms with E-state index in [0.29, 0.717) is 36.1 Å². The van der Waals surface area contributed by atoms with E-state index in [-0.39, 0.29) is 18.9 Å². The number of rotatable bonds is 7. The SMILES string of the molecule is COc1cccc(O[C@@H]2CCc3cc(C(O)([C@@H](C)F)C(F)(F)F)ccc3N(C(=O)[C@@H](C)c3ccccc3)C2)c1. The smallest absolute Gasteiger partial charge is 0.424 e. The molecule has 3 aromatic rings. The van der Waals surface area contributed by atoms with Crippen molar-refractivity contribution in [2.75, 3.05) is 18.6 Å². The number of nitrogens with zero attached hydrogens (tertiary/aromatic N) is 1. The first-order valence-electron chi connectivity index (χ1n) is 12.7. The van der Waals surface area contributed by atoms with E-state index in [1.807, 2.05) is 30.3 Å². The average Bonchev–Trinajstić information content (AvgIpc) is 3.10. The lowest BCUT2D eigenvalue weighted by Gasteiger charge is -2.33. The van der Waals surface area contributed by atoms with Gasteiger partial charge in [0.25, 0.3) is 0 Å². The zero-order valence-electron chi connectivity index (χ0n) is 21.9. The molecule has 3 aromatic carbocycles. The Bertz CT molecular complexity index is 1300. The average molecular weight is 546 g/mol. The van der Waals surface area contributed by atoms with Gasteiger partial charge in [0, 0.05) is 11.8 Å². The van der Waals surface area contributed by atoms with E-state index in [9.17, 15) is 27.5 Å². The highest BCUT2D eigenvalue weighted by Crippen LogP contribution is 2.44. The molecular formula is C30H31F4NO4. The summed E-state index contributed by atoms with van der Waals surface area (Å²) >= 11 is 0. The molecule has 1 N–H and O–H groups in total. The van der Waals surface area contributed by atoms with Gasteiger partial charge in [-0.3, -0.25) is 4.79 Å². The number of hydrogen-bond donors (Lipinski definition) is 1. The molecule has 208 valence electrons. The second-order valence-corrected chi connectivity index (χ2v) is 9.76. The quantitative estimate of drug-likeness (QED) is 0.353. The van der Waals surface area contributed by atoms with Crippen LogP contribution < -0.4 is 14.4 Å². The molecule has 4 rings (SSSR count). The number of carbonyl (C=O) groups is 1. The molecule has 4 atom stereocenters. The molecule has 0 bridgehead atoms. The first kappa shape index (κ1) is 28.4. The third-order valence-electron chi connectivity index (χ3n) is 7.22. The van der Waals surface area contributed by atoms with Crippen molar-refractivity contribution in [1.82, 2.24) is 0 Å². The van der Waals surface area contributed by atoms with Crippen LogP contribution in [0.4, 0.5) is 23.2 Å². The van der Waals surface area contributed by atoms with E-state index < -0.39 is 35.5 Å². The number of methoxy groups -OCH3 is 1. The summed E-state index contributed by atoms with van der Waals surface area (Å²) in [5, 5.41) is 10.5. The molecule has 0 fully saturated rings. The molecule has 0 saturated heterocycles. The maximum Gasteiger partial charge on any atom is 0.424 e. The highest BCUT2D eigenvalue weighted by Gasteiger charge is 2.59. The molecule has 0 aliphatic carbocycles. The first-order chi connectivity index (χ1) is 18.5. The predicted molar refractivity (Wildman–Crippen MR) is 140 cm³/mol. The molecule has 5 nitrogen and oxygen atoms in total. The summed E-state index contributed by atoms with van der Waals surface area (Å²) < 4.78 is 67.2. The van der Waals surface area contributed by atoms with Crippen molar-refractivity contribution in [2.45, 2.75) is 56.7 Å². The molecule has 1 aliphatic rings. The lowest BCUT2D eigenvalue weighted by atomic mass is 9.87. The summed E-state index contributed by atoms with van der Waals surface area (Å²) in [5.74, 6) is 0.298. The molecule has 39 heavy (non-hydrogen) atoms. The Morgan fingerprint density at radius 3 is 2.33 bits per heavy atom. The van der Waals surface area contributed by atoms with Crippen LogP contribution in [0.5, 0.6) is 11.5 Å². The number of fused-ring (bicyclic) bond motifs is 1. The largest absolute Gasteiger partial charge is 0.497 e. The van der Waals surface area contributed by atoms with E-state index in [1.165, 1.54) is 18.1 Å². The summed E-state index contributed by atoms with van der Waals surface area (Å²) in [6.07, 6.45) is -7.74. The third kappa shape index (κ3) is 5.73. The van der Waals surface area contributed by atoms with Gasteiger partial charge in [-0.1, -0.05) is 48.5 Å². The maximum atomic E-state index is 14.2. The van der Waals surface area contributed by atoms with Gasteiger partial charge in [-0.2, -0.15) is 13.2 Å². The van der Waals surface area contributed by atoms with Crippen LogP contribution in [0.3, 0.4) is 0 Å². The summed E-state index contributed by atoms with van der Waals surface area (Å²) in [7, 11) is 1.53. The molecule has 0 aromatic heterocycles. The molecule has 1 aliphatic heterocycles. The molecule has 0 saturated carbocycles. The first-order valence-corrected chi connectivity index (χ1v) is 12.7. The number of anilines is 1. The van der Waals surface area contributed by atoms with Crippen molar-refractivity contribution in [3.8, 4) is 11.5 Å². The van der Waals surface area contributed by atoms with Crippen LogP contribution >= 0.6 is 0 Å². The van der Waals surface area contributed by atoms with Crippen molar-refractivity contribution in [3.05, 3.63) is 89.5 Å². The van der Waals surface area contributed by atoms with Gasteiger partial charge in [-0.05, 0) is 61.6 Å². The van der Waals surface area contributed by atoms with Gasteiger partial charge in [0.2, 0.25) is 11.5 Å². The van der Waals surface area contributed by atoms with Gasteiger partial charge < -0.3 is 19.5 Å². The van der Waals surface area contributed by atoms with Gasteiger partial charge >= 0.3 is 6.18 Å². The number of alkyl halides is 4. The normalized spacial score (nSPS) is 18.8. The maximum absolute atomic E-state index is 14.2. The minimum atomic E-state index is -5.24. The zero-order chi connectivity index (χ0) is 28.4. The number of halogens is 4. The fourth-order valence-corrected chi connectivity index (χ4v) is 4.90. The second-order valence-electron chi connectivity index (χ2n) is 9.76. The lowest BCUT2D eigenvalue weighted by Crippen LogP contribution is -2.49. The van der Waals surface area contributed by atoms with Crippen molar-refractivity contribution < 1.29 is 36.9 Å². The third-order valence-corrected chi connectivity index (χ3v) is 7.22. The van der Waals surface area contributed by atoms with E-state index in [1.54, 1.807) is 31.2 Å². The Morgan fingerprint density at radius 2 is 1.69 bits per heavy atom. The summed E-state index contributed by atoms with van der Waals surface area (Å²) in [6.45, 7) is 2.58. The van der Waals surface area contributed by atoms with Crippen molar-refractivity contribution in [2.24, 2.45) is 0 Å². The van der Waals surface area contributed by atoms with Gasteiger partial charge in [0.1, 0.15) is 23.8 Å². The zero-order valence-corrected chi connectivity index (χ0v) is 21.9. The van der Waals surface area contributed by atoms with Crippen LogP contribution in [-0.4, -0.2) is 43.1 Å². The summed E-state index contributed by atoms with van der Waals surface area (Å²) in [6, 6.07) is 19.7. The van der Waals surface area contributed by atoms with Crippen molar-refractivity contribution >= 4 is 11.6 Å². The van der Waals surface area contributed by atoms with Crippen LogP contribution in [0.1, 0.15) is 42.9 Å². The molecule has 9 heteroatoms. The number of amides is 1. The van der Waals surface area contributed by atoms with E-state index in [4.69, 9.17) is 9.47 Å². The minimum Gasteiger partial charge on any atom is -0.497 e. The van der Waals surface area contributed by atoms with E-state index in [2.05, 4.69) is 0 Å². The van der Waals surface area contributed by atoms with Crippen LogP contribution in [0.15, 0.2) is 72.8 Å². The summed E-state index contributed by atoms with van der Waals surface area (Å²) in [5.41, 5.74) is -2.72. The fourth-order valence-electron chi connectivity index (χ4n) is 4.90. The van der Waals surface area contributed by atoms with Crippen molar-refractivity contribution in [1.29, 1.82) is 0 Å². The van der Waals surface area contributed by atoms with Crippen LogP contribution in [-0.2, 0) is 16.8 Å². The Balaban J connectivity index is 1.74. The Hall–Kier alpha value is -3.59. The van der Waals surface area contributed by atoms with Crippen LogP contribution in [0.25, 0.3) is 0 Å². The number of aryl methyl sites for hydroxylation is 1. The minimum absolute atomic E-state index is 0.141. The standard InChI is InChI=1S/C30H31F4NO4/c1-19(21-8-5-4-6-9-21)28(36)35-18-26(39-25-11-7-10-24(17-25)38-3)14-12-22-16-23(13-15-27(22)35)29(37,20(2)31)30(32,33)34/h4-11,13,15-17,19-20,26,37H,12,14,18H2,1-3H3/t19-,20+,26+,29?/m0/s1. The molecule has 1 amide bonds. The molecule has 0 spiro atoms. The van der Waals surface area contributed by atoms with Crippen LogP contribution in [0.2, 0.25) is 0 Å². The summed E-state index contributed by atoms with van der Waals surface area (Å²) in [4.78, 5) is 15.3. The Morgan fingerprint density at radius 1 is 1.00 bits per heavy atom. The topological polar surface area (TPSA) is 59.0 Å². The number of aliphatic hydroxyl groups is 1. The van der Waals surface area contributed by atoms with Gasteiger partial charge in [-0.25, -0.2) is 4.39 Å². The number of hydrogen-bond acceptors (Lipinski definition) is 4. The van der Waals surface area contributed by atoms with E-state index in [0.717, 1.165) is 17.7 Å². The van der Waals surface area contributed by atoms with Crippen LogP contribution in [0, 0.1) is 0 Å². The number of benzene rings is 3. The highest BCUT2D eigenvalue weighted by molar-refractivity contribution is 5.98. The monoisotopic (exact) mass is 545 g/mol. The second kappa shape index (κ2) is 11.3.